The van der Waals surface area contributed by atoms with Gasteiger partial charge in [-0.25, -0.2) is 0 Å². The van der Waals surface area contributed by atoms with Crippen molar-refractivity contribution in [1.82, 2.24) is 10.2 Å². The predicted octanol–water partition coefficient (Wildman–Crippen LogP) is 1.64. The van der Waals surface area contributed by atoms with Crippen molar-refractivity contribution in [2.24, 2.45) is 0 Å². The van der Waals surface area contributed by atoms with Crippen LogP contribution in [0.25, 0.3) is 0 Å². The SMILES string of the molecule is OC(COc1cc(Cl)ccc1Cl)CN1CCNCC1. The number of piperazine rings is 1. The largest absolute Gasteiger partial charge is 0.489 e. The fourth-order valence-electron chi connectivity index (χ4n) is 2.02. The Hall–Kier alpha value is -0.520. The van der Waals surface area contributed by atoms with Crippen LogP contribution in [0.15, 0.2) is 18.2 Å². The molecule has 0 aromatic heterocycles. The molecule has 0 bridgehead atoms. The molecule has 0 aliphatic carbocycles. The zero-order valence-electron chi connectivity index (χ0n) is 10.6. The van der Waals surface area contributed by atoms with Crippen LogP contribution < -0.4 is 10.1 Å². The monoisotopic (exact) mass is 304 g/mol. The minimum absolute atomic E-state index is 0.212. The summed E-state index contributed by atoms with van der Waals surface area (Å²) in [5.41, 5.74) is 0. The Labute approximate surface area is 123 Å². The number of halogens is 2. The van der Waals surface area contributed by atoms with Gasteiger partial charge in [0.05, 0.1) is 5.02 Å². The Morgan fingerprint density at radius 1 is 1.32 bits per heavy atom. The maximum absolute atomic E-state index is 9.96. The molecule has 2 N–H and O–H groups in total. The first-order valence-corrected chi connectivity index (χ1v) is 7.10. The van der Waals surface area contributed by atoms with Gasteiger partial charge < -0.3 is 15.2 Å². The number of nitrogens with zero attached hydrogens (tertiary/aromatic N) is 1. The third kappa shape index (κ3) is 4.82. The molecule has 0 radical (unpaired) electrons. The number of nitrogens with one attached hydrogen (secondary N) is 1. The van der Waals surface area contributed by atoms with Crippen LogP contribution in [0.3, 0.4) is 0 Å². The summed E-state index contributed by atoms with van der Waals surface area (Å²) in [6.07, 6.45) is -0.534. The second-order valence-corrected chi connectivity index (χ2v) is 5.43. The van der Waals surface area contributed by atoms with Gasteiger partial charge in [0.2, 0.25) is 0 Å². The van der Waals surface area contributed by atoms with Crippen LogP contribution in [-0.2, 0) is 0 Å². The van der Waals surface area contributed by atoms with E-state index >= 15 is 0 Å². The molecule has 1 unspecified atom stereocenters. The molecular weight excluding hydrogens is 287 g/mol. The van der Waals surface area contributed by atoms with Gasteiger partial charge in [0.25, 0.3) is 0 Å². The van der Waals surface area contributed by atoms with E-state index in [2.05, 4.69) is 10.2 Å². The molecule has 0 spiro atoms. The highest BCUT2D eigenvalue weighted by Crippen LogP contribution is 2.27. The number of aliphatic hydroxyl groups excluding tert-OH is 1. The third-order valence-corrected chi connectivity index (χ3v) is 3.55. The van der Waals surface area contributed by atoms with Crippen LogP contribution in [0.1, 0.15) is 0 Å². The van der Waals surface area contributed by atoms with Crippen LogP contribution >= 0.6 is 23.2 Å². The summed E-state index contributed by atoms with van der Waals surface area (Å²) in [4.78, 5) is 2.21. The molecule has 0 saturated carbocycles. The topological polar surface area (TPSA) is 44.7 Å². The molecule has 2 rings (SSSR count). The average molecular weight is 305 g/mol. The highest BCUT2D eigenvalue weighted by molar-refractivity contribution is 6.34. The number of hydrogen-bond donors (Lipinski definition) is 2. The number of β-amino-alcohol motifs (C(OH)–C–C–N with tert-alkyl or cyclic N) is 1. The lowest BCUT2D eigenvalue weighted by Crippen LogP contribution is -2.47. The molecule has 6 heteroatoms. The number of rotatable bonds is 5. The summed E-state index contributed by atoms with van der Waals surface area (Å²) < 4.78 is 5.51. The van der Waals surface area contributed by atoms with Crippen LogP contribution in [0.2, 0.25) is 10.0 Å². The van der Waals surface area contributed by atoms with E-state index in [1.165, 1.54) is 0 Å². The van der Waals surface area contributed by atoms with Crippen molar-refractivity contribution in [2.45, 2.75) is 6.10 Å². The summed E-state index contributed by atoms with van der Waals surface area (Å²) in [5, 5.41) is 14.3. The Morgan fingerprint density at radius 3 is 2.79 bits per heavy atom. The smallest absolute Gasteiger partial charge is 0.139 e. The minimum Gasteiger partial charge on any atom is -0.489 e. The molecular formula is C13H18Cl2N2O2. The average Bonchev–Trinajstić information content (AvgIpc) is 2.41. The van der Waals surface area contributed by atoms with Gasteiger partial charge in [-0.1, -0.05) is 23.2 Å². The first-order valence-electron chi connectivity index (χ1n) is 6.34. The fourth-order valence-corrected chi connectivity index (χ4v) is 2.35. The maximum atomic E-state index is 9.96. The molecule has 106 valence electrons. The van der Waals surface area contributed by atoms with E-state index in [0.717, 1.165) is 26.2 Å². The van der Waals surface area contributed by atoms with Crippen molar-refractivity contribution >= 4 is 23.2 Å². The Balaban J connectivity index is 1.79. The summed E-state index contributed by atoms with van der Waals surface area (Å²) in [7, 11) is 0. The number of hydrogen-bond acceptors (Lipinski definition) is 4. The van der Waals surface area contributed by atoms with Gasteiger partial charge in [0.15, 0.2) is 0 Å². The second kappa shape index (κ2) is 7.31. The predicted molar refractivity (Wildman–Crippen MR) is 77.3 cm³/mol. The number of ether oxygens (including phenoxy) is 1. The molecule has 19 heavy (non-hydrogen) atoms. The highest BCUT2D eigenvalue weighted by atomic mass is 35.5. The van der Waals surface area contributed by atoms with Crippen molar-refractivity contribution in [2.75, 3.05) is 39.3 Å². The van der Waals surface area contributed by atoms with E-state index < -0.39 is 6.10 Å². The van der Waals surface area contributed by atoms with Gasteiger partial charge >= 0.3 is 0 Å². The van der Waals surface area contributed by atoms with E-state index in [1.807, 2.05) is 0 Å². The van der Waals surface area contributed by atoms with Gasteiger partial charge in [-0.05, 0) is 12.1 Å². The molecule has 1 heterocycles. The molecule has 1 aromatic carbocycles. The first-order chi connectivity index (χ1) is 9.15. The molecule has 1 atom stereocenters. The lowest BCUT2D eigenvalue weighted by molar-refractivity contribution is 0.0642. The zero-order valence-corrected chi connectivity index (χ0v) is 12.1. The number of aliphatic hydroxyl groups is 1. The van der Waals surface area contributed by atoms with Gasteiger partial charge in [0.1, 0.15) is 18.5 Å². The van der Waals surface area contributed by atoms with Gasteiger partial charge in [-0.2, -0.15) is 0 Å². The number of benzene rings is 1. The lowest BCUT2D eigenvalue weighted by Gasteiger charge is -2.29. The normalized spacial score (nSPS) is 18.3. The first kappa shape index (κ1) is 14.9. The standard InChI is InChI=1S/C13H18Cl2N2O2/c14-10-1-2-12(15)13(7-10)19-9-11(18)8-17-5-3-16-4-6-17/h1-2,7,11,16,18H,3-6,8-9H2. The van der Waals surface area contributed by atoms with Gasteiger partial charge in [-0.15, -0.1) is 0 Å². The lowest BCUT2D eigenvalue weighted by atomic mass is 10.3. The molecule has 4 nitrogen and oxygen atoms in total. The van der Waals surface area contributed by atoms with E-state index in [1.54, 1.807) is 18.2 Å². The van der Waals surface area contributed by atoms with E-state index in [9.17, 15) is 5.11 Å². The van der Waals surface area contributed by atoms with Crippen LogP contribution in [0.5, 0.6) is 5.75 Å². The quantitative estimate of drug-likeness (QED) is 0.868. The van der Waals surface area contributed by atoms with Crippen molar-refractivity contribution in [3.63, 3.8) is 0 Å². The highest BCUT2D eigenvalue weighted by Gasteiger charge is 2.15. The zero-order chi connectivity index (χ0) is 13.7. The molecule has 1 aromatic rings. The van der Waals surface area contributed by atoms with Gasteiger partial charge in [0, 0.05) is 43.8 Å². The summed E-state index contributed by atoms with van der Waals surface area (Å²) in [6.45, 7) is 4.66. The Bertz CT molecular complexity index is 412. The van der Waals surface area contributed by atoms with Crippen LogP contribution in [-0.4, -0.2) is 55.4 Å². The minimum atomic E-state index is -0.534. The molecule has 1 aliphatic rings. The van der Waals surface area contributed by atoms with Crippen molar-refractivity contribution in [1.29, 1.82) is 0 Å². The van der Waals surface area contributed by atoms with E-state index in [0.29, 0.717) is 22.3 Å². The van der Waals surface area contributed by atoms with Crippen molar-refractivity contribution in [3.8, 4) is 5.75 Å². The van der Waals surface area contributed by atoms with E-state index in [4.69, 9.17) is 27.9 Å². The summed E-state index contributed by atoms with van der Waals surface area (Å²) in [5.74, 6) is 0.508. The summed E-state index contributed by atoms with van der Waals surface area (Å²) >= 11 is 11.9. The Kier molecular flexibility index (Phi) is 5.73. The van der Waals surface area contributed by atoms with Crippen molar-refractivity contribution in [3.05, 3.63) is 28.2 Å². The van der Waals surface area contributed by atoms with E-state index in [-0.39, 0.29) is 6.61 Å². The van der Waals surface area contributed by atoms with Gasteiger partial charge in [-0.3, -0.25) is 4.90 Å². The summed E-state index contributed by atoms with van der Waals surface area (Å²) in [6, 6.07) is 5.04. The molecule has 0 amide bonds. The van der Waals surface area contributed by atoms with Crippen LogP contribution in [0, 0.1) is 0 Å². The molecule has 1 aliphatic heterocycles. The molecule has 1 saturated heterocycles. The third-order valence-electron chi connectivity index (χ3n) is 3.00. The second-order valence-electron chi connectivity index (χ2n) is 4.59. The Morgan fingerprint density at radius 2 is 2.05 bits per heavy atom. The fraction of sp³-hybridized carbons (Fsp3) is 0.538. The van der Waals surface area contributed by atoms with Crippen molar-refractivity contribution < 1.29 is 9.84 Å². The molecule has 1 fully saturated rings. The maximum Gasteiger partial charge on any atom is 0.139 e. The van der Waals surface area contributed by atoms with Crippen LogP contribution in [0.4, 0.5) is 0 Å².